The summed E-state index contributed by atoms with van der Waals surface area (Å²) in [6.07, 6.45) is 0.144. The Kier molecular flexibility index (Phi) is 3.22. The van der Waals surface area contributed by atoms with Crippen LogP contribution in [0.5, 0.6) is 0 Å². The van der Waals surface area contributed by atoms with E-state index in [1.165, 1.54) is 17.4 Å². The first kappa shape index (κ1) is 12.2. The third-order valence-electron chi connectivity index (χ3n) is 2.79. The van der Waals surface area contributed by atoms with E-state index in [-0.39, 0.29) is 10.8 Å². The van der Waals surface area contributed by atoms with E-state index in [2.05, 4.69) is 9.80 Å². The number of thiophene rings is 1. The molecule has 0 unspecified atom stereocenters. The standard InChI is InChI=1S/C9H15N2O3PS/c1-10-5-6-11(2)9(10)7-3-4-8(16-7)15(12,13)14/h3-4,9H,5-6H2,1-2H3,(H2,12,13,14). The average Bonchev–Trinajstić information content (AvgIpc) is 2.72. The molecule has 1 saturated heterocycles. The maximum atomic E-state index is 11.1. The van der Waals surface area contributed by atoms with Crippen LogP contribution >= 0.6 is 18.9 Å². The second kappa shape index (κ2) is 4.22. The van der Waals surface area contributed by atoms with Crippen LogP contribution in [0.1, 0.15) is 11.0 Å². The summed E-state index contributed by atoms with van der Waals surface area (Å²) in [5, 5.41) is 0. The van der Waals surface area contributed by atoms with Crippen LogP contribution in [0.15, 0.2) is 12.1 Å². The van der Waals surface area contributed by atoms with Gasteiger partial charge in [-0.25, -0.2) is 0 Å². The van der Waals surface area contributed by atoms with Gasteiger partial charge in [-0.3, -0.25) is 14.4 Å². The molecule has 0 spiro atoms. The summed E-state index contributed by atoms with van der Waals surface area (Å²) in [7, 11) is -0.0577. The van der Waals surface area contributed by atoms with Gasteiger partial charge in [0.2, 0.25) is 0 Å². The van der Waals surface area contributed by atoms with E-state index < -0.39 is 7.60 Å². The molecule has 16 heavy (non-hydrogen) atoms. The highest BCUT2D eigenvalue weighted by Crippen LogP contribution is 2.39. The first-order chi connectivity index (χ1) is 7.39. The van der Waals surface area contributed by atoms with Gasteiger partial charge in [-0.15, -0.1) is 11.3 Å². The number of rotatable bonds is 2. The van der Waals surface area contributed by atoms with E-state index >= 15 is 0 Å². The Morgan fingerprint density at radius 3 is 2.31 bits per heavy atom. The number of likely N-dealkylation sites (N-methyl/N-ethyl adjacent to an activating group) is 2. The topological polar surface area (TPSA) is 64.0 Å². The number of nitrogens with zero attached hydrogens (tertiary/aromatic N) is 2. The predicted molar refractivity (Wildman–Crippen MR) is 64.0 cm³/mol. The predicted octanol–water partition coefficient (Wildman–Crippen LogP) is 0.427. The van der Waals surface area contributed by atoms with Gasteiger partial charge in [-0.05, 0) is 26.2 Å². The van der Waals surface area contributed by atoms with E-state index in [0.717, 1.165) is 18.0 Å². The van der Waals surface area contributed by atoms with Crippen molar-refractivity contribution in [2.75, 3.05) is 27.2 Å². The summed E-state index contributed by atoms with van der Waals surface area (Å²) in [5.74, 6) is 0. The molecule has 90 valence electrons. The lowest BCUT2D eigenvalue weighted by Gasteiger charge is -2.23. The van der Waals surface area contributed by atoms with E-state index in [0.29, 0.717) is 0 Å². The number of hydrogen-bond acceptors (Lipinski definition) is 4. The van der Waals surface area contributed by atoms with Gasteiger partial charge in [0.05, 0.1) is 6.17 Å². The fraction of sp³-hybridized carbons (Fsp3) is 0.556. The van der Waals surface area contributed by atoms with Crippen LogP contribution in [0.2, 0.25) is 0 Å². The fourth-order valence-electron chi connectivity index (χ4n) is 1.97. The Morgan fingerprint density at radius 2 is 1.88 bits per heavy atom. The molecule has 2 rings (SSSR count). The molecule has 1 fully saturated rings. The molecule has 0 saturated carbocycles. The van der Waals surface area contributed by atoms with Crippen molar-refractivity contribution >= 4 is 23.6 Å². The molecule has 7 heteroatoms. The molecular formula is C9H15N2O3PS. The molecule has 0 amide bonds. The minimum atomic E-state index is -4.10. The van der Waals surface area contributed by atoms with Crippen LogP contribution in [-0.4, -0.2) is 46.8 Å². The van der Waals surface area contributed by atoms with Gasteiger partial charge in [0.25, 0.3) is 0 Å². The molecule has 1 aromatic heterocycles. The Balaban J connectivity index is 2.28. The molecule has 5 nitrogen and oxygen atoms in total. The Hall–Kier alpha value is -0.230. The SMILES string of the molecule is CN1CCN(C)C1c1ccc(P(=O)(O)O)s1. The van der Waals surface area contributed by atoms with E-state index in [1.807, 2.05) is 20.2 Å². The van der Waals surface area contributed by atoms with Crippen molar-refractivity contribution in [2.45, 2.75) is 6.17 Å². The molecule has 1 aliphatic heterocycles. The Labute approximate surface area is 98.5 Å². The zero-order valence-electron chi connectivity index (χ0n) is 9.20. The normalized spacial score (nSPS) is 20.8. The van der Waals surface area contributed by atoms with Crippen LogP contribution in [-0.2, 0) is 4.57 Å². The van der Waals surface area contributed by atoms with Gasteiger partial charge in [0.1, 0.15) is 4.62 Å². The minimum Gasteiger partial charge on any atom is -0.320 e. The molecular weight excluding hydrogens is 247 g/mol. The zero-order valence-corrected chi connectivity index (χ0v) is 10.9. The third kappa shape index (κ3) is 2.22. The highest BCUT2D eigenvalue weighted by molar-refractivity contribution is 7.67. The maximum Gasteiger partial charge on any atom is 0.366 e. The highest BCUT2D eigenvalue weighted by Gasteiger charge is 2.30. The molecule has 0 aromatic carbocycles. The lowest BCUT2D eigenvalue weighted by Crippen LogP contribution is -2.24. The zero-order chi connectivity index (χ0) is 11.9. The minimum absolute atomic E-state index is 0.144. The maximum absolute atomic E-state index is 11.1. The molecule has 2 heterocycles. The summed E-state index contributed by atoms with van der Waals surface area (Å²) >= 11 is 1.20. The number of hydrogen-bond donors (Lipinski definition) is 2. The fourth-order valence-corrected chi connectivity index (χ4v) is 4.01. The quantitative estimate of drug-likeness (QED) is 0.757. The van der Waals surface area contributed by atoms with Crippen molar-refractivity contribution in [2.24, 2.45) is 0 Å². The van der Waals surface area contributed by atoms with Gasteiger partial charge >= 0.3 is 7.60 Å². The van der Waals surface area contributed by atoms with Crippen molar-refractivity contribution in [3.05, 3.63) is 17.0 Å². The lowest BCUT2D eigenvalue weighted by molar-refractivity contribution is 0.195. The van der Waals surface area contributed by atoms with Crippen LogP contribution in [0, 0.1) is 0 Å². The first-order valence-electron chi connectivity index (χ1n) is 4.96. The van der Waals surface area contributed by atoms with Gasteiger partial charge in [0.15, 0.2) is 0 Å². The smallest absolute Gasteiger partial charge is 0.320 e. The molecule has 0 atom stereocenters. The summed E-state index contributed by atoms with van der Waals surface area (Å²) in [5.41, 5.74) is 0. The van der Waals surface area contributed by atoms with E-state index in [9.17, 15) is 4.57 Å². The largest absolute Gasteiger partial charge is 0.366 e. The lowest BCUT2D eigenvalue weighted by atomic mass is 10.3. The summed E-state index contributed by atoms with van der Waals surface area (Å²) in [4.78, 5) is 23.5. The second-order valence-corrected chi connectivity index (χ2v) is 7.04. The first-order valence-corrected chi connectivity index (χ1v) is 7.39. The van der Waals surface area contributed by atoms with E-state index in [1.54, 1.807) is 0 Å². The molecule has 1 aromatic rings. The van der Waals surface area contributed by atoms with Gasteiger partial charge < -0.3 is 9.79 Å². The van der Waals surface area contributed by atoms with Gasteiger partial charge in [-0.2, -0.15) is 0 Å². The highest BCUT2D eigenvalue weighted by atomic mass is 32.1. The molecule has 1 aliphatic rings. The van der Waals surface area contributed by atoms with Crippen LogP contribution in [0.4, 0.5) is 0 Å². The molecule has 0 radical (unpaired) electrons. The van der Waals surface area contributed by atoms with E-state index in [4.69, 9.17) is 9.79 Å². The Bertz CT molecular complexity index is 420. The van der Waals surface area contributed by atoms with Gasteiger partial charge in [-0.1, -0.05) is 0 Å². The summed E-state index contributed by atoms with van der Waals surface area (Å²) in [6.45, 7) is 1.95. The monoisotopic (exact) mass is 262 g/mol. The van der Waals surface area contributed by atoms with Crippen LogP contribution in [0.25, 0.3) is 0 Å². The van der Waals surface area contributed by atoms with Gasteiger partial charge in [0, 0.05) is 18.0 Å². The van der Waals surface area contributed by atoms with Crippen molar-refractivity contribution < 1.29 is 14.4 Å². The van der Waals surface area contributed by atoms with Crippen LogP contribution < -0.4 is 4.62 Å². The second-order valence-electron chi connectivity index (χ2n) is 4.05. The summed E-state index contributed by atoms with van der Waals surface area (Å²) in [6, 6.07) is 3.34. The summed E-state index contributed by atoms with van der Waals surface area (Å²) < 4.78 is 11.3. The van der Waals surface area contributed by atoms with Crippen molar-refractivity contribution in [1.82, 2.24) is 9.80 Å². The molecule has 2 N–H and O–H groups in total. The van der Waals surface area contributed by atoms with Crippen molar-refractivity contribution in [1.29, 1.82) is 0 Å². The van der Waals surface area contributed by atoms with Crippen molar-refractivity contribution in [3.63, 3.8) is 0 Å². The Morgan fingerprint density at radius 1 is 1.31 bits per heavy atom. The average molecular weight is 262 g/mol. The third-order valence-corrected chi connectivity index (χ3v) is 5.43. The van der Waals surface area contributed by atoms with Crippen molar-refractivity contribution in [3.8, 4) is 0 Å². The van der Waals surface area contributed by atoms with Crippen LogP contribution in [0.3, 0.4) is 0 Å². The molecule has 0 bridgehead atoms. The molecule has 0 aliphatic carbocycles.